The maximum atomic E-state index is 10.7. The highest BCUT2D eigenvalue weighted by atomic mass is 127. The van der Waals surface area contributed by atoms with Crippen molar-refractivity contribution in [1.29, 1.82) is 0 Å². The van der Waals surface area contributed by atoms with Crippen LogP contribution < -0.4 is 11.1 Å². The minimum absolute atomic E-state index is 0.131. The Kier molecular flexibility index (Phi) is 5.33. The van der Waals surface area contributed by atoms with Gasteiger partial charge in [-0.25, -0.2) is 0 Å². The number of nitro benzene ring substituents is 1. The molecule has 0 atom stereocenters. The fraction of sp³-hybridized carbons (Fsp3) is 0.500. The van der Waals surface area contributed by atoms with E-state index < -0.39 is 0 Å². The molecule has 0 saturated heterocycles. The number of rotatable bonds is 6. The van der Waals surface area contributed by atoms with Crippen molar-refractivity contribution in [2.75, 3.05) is 11.9 Å². The summed E-state index contributed by atoms with van der Waals surface area (Å²) in [6.07, 6.45) is 1.78. The van der Waals surface area contributed by atoms with Gasteiger partial charge in [0.15, 0.2) is 0 Å². The highest BCUT2D eigenvalue weighted by molar-refractivity contribution is 14.1. The zero-order valence-corrected chi connectivity index (χ0v) is 12.7. The second-order valence-corrected chi connectivity index (χ2v) is 5.51. The third kappa shape index (κ3) is 3.81. The molecule has 5 nitrogen and oxygen atoms in total. The van der Waals surface area contributed by atoms with Crippen molar-refractivity contribution in [1.82, 2.24) is 0 Å². The Morgan fingerprint density at radius 3 is 2.50 bits per heavy atom. The predicted octanol–water partition coefficient (Wildman–Crippen LogP) is 3.13. The molecule has 0 radical (unpaired) electrons. The maximum absolute atomic E-state index is 10.7. The summed E-state index contributed by atoms with van der Waals surface area (Å²) in [4.78, 5) is 10.3. The van der Waals surface area contributed by atoms with Gasteiger partial charge in [-0.3, -0.25) is 10.1 Å². The standard InChI is InChI=1S/C12H18IN3O2/c1-3-12(14,4-2)8-15-9-5-6-11(16(17)18)10(13)7-9/h5-7,15H,3-4,8,14H2,1-2H3. The van der Waals surface area contributed by atoms with E-state index in [2.05, 4.69) is 19.2 Å². The molecular formula is C12H18IN3O2. The number of hydrogen-bond donors (Lipinski definition) is 2. The largest absolute Gasteiger partial charge is 0.383 e. The van der Waals surface area contributed by atoms with E-state index in [0.717, 1.165) is 18.5 Å². The van der Waals surface area contributed by atoms with Crippen LogP contribution in [0.1, 0.15) is 26.7 Å². The topological polar surface area (TPSA) is 81.2 Å². The molecule has 1 rings (SSSR count). The Morgan fingerprint density at radius 1 is 1.44 bits per heavy atom. The Balaban J connectivity index is 2.75. The van der Waals surface area contributed by atoms with E-state index in [1.807, 2.05) is 22.6 Å². The summed E-state index contributed by atoms with van der Waals surface area (Å²) < 4.78 is 0.623. The predicted molar refractivity (Wildman–Crippen MR) is 81.8 cm³/mol. The number of nitrogens with one attached hydrogen (secondary N) is 1. The summed E-state index contributed by atoms with van der Waals surface area (Å²) in [5.41, 5.74) is 6.95. The summed E-state index contributed by atoms with van der Waals surface area (Å²) in [7, 11) is 0. The number of hydrogen-bond acceptors (Lipinski definition) is 4. The van der Waals surface area contributed by atoms with E-state index in [0.29, 0.717) is 10.1 Å². The minimum Gasteiger partial charge on any atom is -0.383 e. The summed E-state index contributed by atoms with van der Waals surface area (Å²) >= 11 is 1.97. The van der Waals surface area contributed by atoms with Gasteiger partial charge in [-0.1, -0.05) is 13.8 Å². The molecule has 0 unspecified atom stereocenters. The molecule has 3 N–H and O–H groups in total. The van der Waals surface area contributed by atoms with E-state index in [1.165, 1.54) is 6.07 Å². The average Bonchev–Trinajstić information content (AvgIpc) is 2.35. The van der Waals surface area contributed by atoms with Crippen molar-refractivity contribution in [2.45, 2.75) is 32.2 Å². The fourth-order valence-corrected chi connectivity index (χ4v) is 2.26. The van der Waals surface area contributed by atoms with Crippen LogP contribution in [0.15, 0.2) is 18.2 Å². The van der Waals surface area contributed by atoms with E-state index in [-0.39, 0.29) is 16.1 Å². The van der Waals surface area contributed by atoms with Crippen molar-refractivity contribution in [2.24, 2.45) is 5.73 Å². The van der Waals surface area contributed by atoms with Crippen LogP contribution in [0.2, 0.25) is 0 Å². The molecule has 0 saturated carbocycles. The molecule has 18 heavy (non-hydrogen) atoms. The second-order valence-electron chi connectivity index (χ2n) is 4.35. The first-order valence-corrected chi connectivity index (χ1v) is 6.96. The van der Waals surface area contributed by atoms with Gasteiger partial charge in [-0.15, -0.1) is 0 Å². The van der Waals surface area contributed by atoms with Crippen molar-refractivity contribution in [3.8, 4) is 0 Å². The lowest BCUT2D eigenvalue weighted by Crippen LogP contribution is -2.45. The maximum Gasteiger partial charge on any atom is 0.282 e. The summed E-state index contributed by atoms with van der Waals surface area (Å²) in [5, 5.41) is 13.9. The molecule has 0 spiro atoms. The molecule has 0 bridgehead atoms. The number of benzene rings is 1. The summed E-state index contributed by atoms with van der Waals surface area (Å²) in [5.74, 6) is 0. The van der Waals surface area contributed by atoms with Crippen LogP contribution in [0.5, 0.6) is 0 Å². The lowest BCUT2D eigenvalue weighted by molar-refractivity contribution is -0.385. The highest BCUT2D eigenvalue weighted by Gasteiger charge is 2.20. The summed E-state index contributed by atoms with van der Waals surface area (Å²) in [6, 6.07) is 5.00. The van der Waals surface area contributed by atoms with Crippen LogP contribution in [-0.4, -0.2) is 17.0 Å². The van der Waals surface area contributed by atoms with Crippen LogP contribution >= 0.6 is 22.6 Å². The van der Waals surface area contributed by atoms with E-state index in [9.17, 15) is 10.1 Å². The highest BCUT2D eigenvalue weighted by Crippen LogP contribution is 2.24. The Hall–Kier alpha value is -0.890. The van der Waals surface area contributed by atoms with Gasteiger partial charge in [0.1, 0.15) is 0 Å². The zero-order chi connectivity index (χ0) is 13.8. The average molecular weight is 363 g/mol. The normalized spacial score (nSPS) is 11.3. The first-order chi connectivity index (χ1) is 8.41. The van der Waals surface area contributed by atoms with Crippen molar-refractivity contribution >= 4 is 34.0 Å². The molecule has 0 aliphatic carbocycles. The molecule has 1 aromatic rings. The molecule has 0 heterocycles. The zero-order valence-electron chi connectivity index (χ0n) is 10.6. The number of nitrogens with zero attached hydrogens (tertiary/aromatic N) is 1. The lowest BCUT2D eigenvalue weighted by Gasteiger charge is -2.27. The monoisotopic (exact) mass is 363 g/mol. The van der Waals surface area contributed by atoms with Gasteiger partial charge in [0.05, 0.1) is 8.49 Å². The first kappa shape index (κ1) is 15.2. The van der Waals surface area contributed by atoms with E-state index in [1.54, 1.807) is 12.1 Å². The van der Waals surface area contributed by atoms with Gasteiger partial charge in [0.2, 0.25) is 0 Å². The Bertz CT molecular complexity index is 433. The first-order valence-electron chi connectivity index (χ1n) is 5.88. The van der Waals surface area contributed by atoms with Gasteiger partial charge in [-0.2, -0.15) is 0 Å². The van der Waals surface area contributed by atoms with Gasteiger partial charge in [0.25, 0.3) is 5.69 Å². The van der Waals surface area contributed by atoms with Gasteiger partial charge in [0, 0.05) is 23.8 Å². The van der Waals surface area contributed by atoms with Crippen LogP contribution in [0.3, 0.4) is 0 Å². The Labute approximate surface area is 120 Å². The molecule has 0 amide bonds. The molecule has 0 fully saturated rings. The van der Waals surface area contributed by atoms with Crippen LogP contribution in [0, 0.1) is 13.7 Å². The molecule has 0 aromatic heterocycles. The molecule has 0 aliphatic heterocycles. The second kappa shape index (κ2) is 6.33. The number of nitrogens with two attached hydrogens (primary N) is 1. The fourth-order valence-electron chi connectivity index (χ4n) is 1.54. The van der Waals surface area contributed by atoms with Gasteiger partial charge < -0.3 is 11.1 Å². The molecule has 6 heteroatoms. The van der Waals surface area contributed by atoms with Crippen molar-refractivity contribution in [3.05, 3.63) is 31.9 Å². The third-order valence-electron chi connectivity index (χ3n) is 3.20. The molecule has 100 valence electrons. The van der Waals surface area contributed by atoms with Crippen molar-refractivity contribution < 1.29 is 4.92 Å². The van der Waals surface area contributed by atoms with Gasteiger partial charge in [-0.05, 0) is 47.6 Å². The van der Waals surface area contributed by atoms with Crippen molar-refractivity contribution in [3.63, 3.8) is 0 Å². The quantitative estimate of drug-likeness (QED) is 0.462. The van der Waals surface area contributed by atoms with Crippen LogP contribution in [0.4, 0.5) is 11.4 Å². The molecular weight excluding hydrogens is 345 g/mol. The number of nitro groups is 1. The van der Waals surface area contributed by atoms with E-state index >= 15 is 0 Å². The van der Waals surface area contributed by atoms with Crippen LogP contribution in [0.25, 0.3) is 0 Å². The number of halogens is 1. The van der Waals surface area contributed by atoms with Crippen LogP contribution in [-0.2, 0) is 0 Å². The molecule has 1 aromatic carbocycles. The van der Waals surface area contributed by atoms with E-state index in [4.69, 9.17) is 5.73 Å². The lowest BCUT2D eigenvalue weighted by atomic mass is 9.94. The number of anilines is 1. The third-order valence-corrected chi connectivity index (χ3v) is 4.06. The minimum atomic E-state index is -0.378. The van der Waals surface area contributed by atoms with Gasteiger partial charge >= 0.3 is 0 Å². The Morgan fingerprint density at radius 2 is 2.06 bits per heavy atom. The molecule has 0 aliphatic rings. The summed E-state index contributed by atoms with van der Waals surface area (Å²) in [6.45, 7) is 4.78. The smallest absolute Gasteiger partial charge is 0.282 e. The SMILES string of the molecule is CCC(N)(CC)CNc1ccc([N+](=O)[O-])c(I)c1.